The third-order valence-corrected chi connectivity index (χ3v) is 6.35. The second-order valence-corrected chi connectivity index (χ2v) is 8.77. The number of halogens is 3. The molecule has 1 aromatic heterocycles. The fourth-order valence-electron chi connectivity index (χ4n) is 4.22. The lowest BCUT2D eigenvalue weighted by Gasteiger charge is -2.26. The number of benzene rings is 1. The van der Waals surface area contributed by atoms with Crippen molar-refractivity contribution in [2.24, 2.45) is 5.92 Å². The summed E-state index contributed by atoms with van der Waals surface area (Å²) in [6, 6.07) is 7.04. The Bertz CT molecular complexity index is 992. The number of nitrogens with one attached hydrogen (secondary N) is 1. The van der Waals surface area contributed by atoms with E-state index in [1.165, 1.54) is 19.4 Å². The van der Waals surface area contributed by atoms with Gasteiger partial charge in [-0.25, -0.2) is 0 Å². The largest absolute Gasteiger partial charge is 0.496 e. The van der Waals surface area contributed by atoms with E-state index in [2.05, 4.69) is 10.3 Å². The number of aliphatic hydroxyl groups is 1. The molecule has 2 N–H and O–H groups in total. The highest BCUT2D eigenvalue weighted by Gasteiger charge is 2.52. The van der Waals surface area contributed by atoms with Gasteiger partial charge < -0.3 is 19.9 Å². The molecule has 0 spiro atoms. The summed E-state index contributed by atoms with van der Waals surface area (Å²) in [5.74, 6) is -1.76. The van der Waals surface area contributed by atoms with Crippen molar-refractivity contribution in [1.82, 2.24) is 4.98 Å². The average molecular weight is 467 g/mol. The molecule has 1 fully saturated rings. The normalized spacial score (nSPS) is 23.2. The Balaban J connectivity index is 1.96. The van der Waals surface area contributed by atoms with Crippen LogP contribution in [-0.2, 0) is 15.7 Å². The summed E-state index contributed by atoms with van der Waals surface area (Å²) in [7, 11) is 1.19. The van der Waals surface area contributed by atoms with Gasteiger partial charge in [0.1, 0.15) is 11.9 Å². The van der Waals surface area contributed by atoms with E-state index in [4.69, 9.17) is 9.47 Å². The molecular formula is C24H29F3N2O4. The summed E-state index contributed by atoms with van der Waals surface area (Å²) in [5.41, 5.74) is -0.520. The zero-order valence-corrected chi connectivity index (χ0v) is 19.2. The Morgan fingerprint density at radius 3 is 2.55 bits per heavy atom. The van der Waals surface area contributed by atoms with Gasteiger partial charge >= 0.3 is 6.18 Å². The highest BCUT2D eigenvalue weighted by Crippen LogP contribution is 2.50. The molecule has 0 saturated carbocycles. The number of alkyl halides is 3. The lowest BCUT2D eigenvalue weighted by molar-refractivity contribution is -0.138. The molecule has 0 unspecified atom stereocenters. The van der Waals surface area contributed by atoms with E-state index in [0.29, 0.717) is 17.8 Å². The van der Waals surface area contributed by atoms with Crippen molar-refractivity contribution in [2.75, 3.05) is 12.4 Å². The number of anilines is 1. The molecule has 6 nitrogen and oxygen atoms in total. The molecule has 2 aromatic rings. The van der Waals surface area contributed by atoms with E-state index in [1.807, 2.05) is 13.8 Å². The van der Waals surface area contributed by atoms with E-state index < -0.39 is 41.4 Å². The van der Waals surface area contributed by atoms with Gasteiger partial charge in [0.25, 0.3) is 5.91 Å². The van der Waals surface area contributed by atoms with Crippen LogP contribution in [0.5, 0.6) is 5.75 Å². The van der Waals surface area contributed by atoms with Crippen molar-refractivity contribution in [2.45, 2.75) is 64.0 Å². The van der Waals surface area contributed by atoms with Crippen LogP contribution in [0.1, 0.15) is 63.0 Å². The van der Waals surface area contributed by atoms with E-state index in [9.17, 15) is 23.1 Å². The van der Waals surface area contributed by atoms with Gasteiger partial charge in [0.15, 0.2) is 0 Å². The van der Waals surface area contributed by atoms with Gasteiger partial charge in [0.2, 0.25) is 0 Å². The summed E-state index contributed by atoms with van der Waals surface area (Å²) < 4.78 is 52.0. The molecule has 0 radical (unpaired) electrons. The van der Waals surface area contributed by atoms with Crippen LogP contribution < -0.4 is 10.1 Å². The molecule has 2 heterocycles. The number of methoxy groups -OCH3 is 1. The molecule has 1 aromatic carbocycles. The summed E-state index contributed by atoms with van der Waals surface area (Å²) in [6.45, 7) is 7.28. The number of pyridine rings is 1. The van der Waals surface area contributed by atoms with Gasteiger partial charge in [-0.3, -0.25) is 9.78 Å². The highest BCUT2D eigenvalue weighted by atomic mass is 19.4. The predicted molar refractivity (Wildman–Crippen MR) is 117 cm³/mol. The molecule has 33 heavy (non-hydrogen) atoms. The van der Waals surface area contributed by atoms with Gasteiger partial charge in [-0.15, -0.1) is 0 Å². The van der Waals surface area contributed by atoms with Crippen molar-refractivity contribution < 1.29 is 32.5 Å². The van der Waals surface area contributed by atoms with Crippen molar-refractivity contribution >= 4 is 11.6 Å². The van der Waals surface area contributed by atoms with Crippen LogP contribution in [0.2, 0.25) is 0 Å². The number of carbonyl (C=O) groups is 1. The first-order valence-electron chi connectivity index (χ1n) is 10.8. The molecular weight excluding hydrogens is 437 g/mol. The average Bonchev–Trinajstić information content (AvgIpc) is 3.01. The fraction of sp³-hybridized carbons (Fsp3) is 0.500. The summed E-state index contributed by atoms with van der Waals surface area (Å²) in [6.07, 6.45) is -4.42. The fourth-order valence-corrected chi connectivity index (χ4v) is 4.22. The molecule has 0 bridgehead atoms. The monoisotopic (exact) mass is 466 g/mol. The van der Waals surface area contributed by atoms with Crippen LogP contribution in [-0.4, -0.2) is 34.8 Å². The van der Waals surface area contributed by atoms with Gasteiger partial charge in [0.05, 0.1) is 42.0 Å². The van der Waals surface area contributed by atoms with Crippen molar-refractivity contribution in [3.05, 3.63) is 53.3 Å². The van der Waals surface area contributed by atoms with Crippen LogP contribution in [0.3, 0.4) is 0 Å². The number of hydrogen-bond donors (Lipinski definition) is 2. The van der Waals surface area contributed by atoms with Gasteiger partial charge in [-0.2, -0.15) is 13.2 Å². The number of carbonyl (C=O) groups excluding carboxylic acids is 1. The zero-order valence-electron chi connectivity index (χ0n) is 19.2. The summed E-state index contributed by atoms with van der Waals surface area (Å²) in [4.78, 5) is 17.4. The summed E-state index contributed by atoms with van der Waals surface area (Å²) in [5, 5.41) is 12.6. The minimum absolute atomic E-state index is 0.269. The first-order chi connectivity index (χ1) is 15.4. The SMILES string of the molecule is CC[C@H](O)c1ccc(NC(=O)[C@@H]2OC(C)(C)[C@@H](C)[C@H]2c2cccc(C(F)(F)F)c2OC)cn1. The van der Waals surface area contributed by atoms with Crippen LogP contribution >= 0.6 is 0 Å². The molecule has 180 valence electrons. The van der Waals surface area contributed by atoms with E-state index in [1.54, 1.807) is 32.0 Å². The van der Waals surface area contributed by atoms with Crippen LogP contribution in [0.25, 0.3) is 0 Å². The van der Waals surface area contributed by atoms with Gasteiger partial charge in [-0.05, 0) is 44.4 Å². The van der Waals surface area contributed by atoms with Crippen LogP contribution in [0, 0.1) is 5.92 Å². The van der Waals surface area contributed by atoms with Gasteiger partial charge in [0, 0.05) is 11.5 Å². The number of rotatable bonds is 6. The minimum Gasteiger partial charge on any atom is -0.496 e. The second-order valence-electron chi connectivity index (χ2n) is 8.77. The topological polar surface area (TPSA) is 80.7 Å². The molecule has 1 aliphatic rings. The van der Waals surface area contributed by atoms with Crippen LogP contribution in [0.15, 0.2) is 36.5 Å². The van der Waals surface area contributed by atoms with E-state index in [0.717, 1.165) is 6.07 Å². The zero-order chi connectivity index (χ0) is 24.6. The Kier molecular flexibility index (Phi) is 7.04. The Morgan fingerprint density at radius 2 is 2.00 bits per heavy atom. The van der Waals surface area contributed by atoms with Crippen molar-refractivity contribution in [3.8, 4) is 5.75 Å². The molecule has 1 saturated heterocycles. The Labute approximate surface area is 191 Å². The number of aromatic nitrogens is 1. The molecule has 4 atom stereocenters. The molecule has 9 heteroatoms. The van der Waals surface area contributed by atoms with Crippen molar-refractivity contribution in [1.29, 1.82) is 0 Å². The second kappa shape index (κ2) is 9.30. The smallest absolute Gasteiger partial charge is 0.419 e. The number of amides is 1. The number of para-hydroxylation sites is 1. The third kappa shape index (κ3) is 4.99. The third-order valence-electron chi connectivity index (χ3n) is 6.35. The molecule has 1 aliphatic heterocycles. The Hall–Kier alpha value is -2.65. The standard InChI is InChI=1S/C24H29F3N2O4/c1-6-18(30)17-11-10-14(12-28-17)29-22(31)21-19(13(2)23(3,4)33-21)15-8-7-9-16(20(15)32-5)24(25,26)27/h7-13,18-19,21,30H,6H2,1-5H3,(H,29,31)/t13-,18-,19-,21+/m0/s1. The van der Waals surface area contributed by atoms with Gasteiger partial charge in [-0.1, -0.05) is 26.0 Å². The maximum absolute atomic E-state index is 13.6. The number of nitrogens with zero attached hydrogens (tertiary/aromatic N) is 1. The van der Waals surface area contributed by atoms with E-state index in [-0.39, 0.29) is 17.2 Å². The lowest BCUT2D eigenvalue weighted by Crippen LogP contribution is -2.33. The molecule has 3 rings (SSSR count). The molecule has 0 aliphatic carbocycles. The van der Waals surface area contributed by atoms with Crippen molar-refractivity contribution in [3.63, 3.8) is 0 Å². The number of aliphatic hydroxyl groups excluding tert-OH is 1. The van der Waals surface area contributed by atoms with Crippen LogP contribution in [0.4, 0.5) is 18.9 Å². The molecule has 1 amide bonds. The highest BCUT2D eigenvalue weighted by molar-refractivity contribution is 5.95. The first kappa shape index (κ1) is 25.0. The quantitative estimate of drug-likeness (QED) is 0.620. The first-order valence-corrected chi connectivity index (χ1v) is 10.8. The van der Waals surface area contributed by atoms with E-state index >= 15 is 0 Å². The maximum atomic E-state index is 13.6. The number of ether oxygens (including phenoxy) is 2. The maximum Gasteiger partial charge on any atom is 0.419 e. The lowest BCUT2D eigenvalue weighted by atomic mass is 9.77. The predicted octanol–water partition coefficient (Wildman–Crippen LogP) is 5.09. The number of hydrogen-bond acceptors (Lipinski definition) is 5. The minimum atomic E-state index is -4.60. The summed E-state index contributed by atoms with van der Waals surface area (Å²) >= 11 is 0. The Morgan fingerprint density at radius 1 is 1.30 bits per heavy atom.